The number of nitrogens with zero attached hydrogens (tertiary/aromatic N) is 2. The van der Waals surface area contributed by atoms with Gasteiger partial charge in [-0.2, -0.15) is 12.7 Å². The molecule has 12 heteroatoms. The summed E-state index contributed by atoms with van der Waals surface area (Å²) in [7, 11) is -5.09. The largest absolute Gasteiger partial charge is 0.325 e. The summed E-state index contributed by atoms with van der Waals surface area (Å²) in [6.07, 6.45) is 0. The van der Waals surface area contributed by atoms with Crippen LogP contribution in [0.1, 0.15) is 0 Å². The minimum absolute atomic E-state index is 0.0356. The summed E-state index contributed by atoms with van der Waals surface area (Å²) < 4.78 is 55.1. The van der Waals surface area contributed by atoms with E-state index < -0.39 is 32.7 Å². The van der Waals surface area contributed by atoms with Gasteiger partial charge >= 0.3 is 10.2 Å². The smallest absolute Gasteiger partial charge is 0.304 e. The van der Waals surface area contributed by atoms with Crippen molar-refractivity contribution in [2.24, 2.45) is 0 Å². The molecule has 0 fully saturated rings. The average Bonchev–Trinajstić information content (AvgIpc) is 2.79. The van der Waals surface area contributed by atoms with Crippen LogP contribution in [-0.4, -0.2) is 47.7 Å². The Morgan fingerprint density at radius 3 is 2.03 bits per heavy atom. The van der Waals surface area contributed by atoms with E-state index in [9.17, 15) is 21.6 Å². The third-order valence-electron chi connectivity index (χ3n) is 4.64. The molecule has 0 aliphatic carbocycles. The molecule has 3 aromatic carbocycles. The highest BCUT2D eigenvalue weighted by Crippen LogP contribution is 2.25. The molecule has 0 unspecified atom stereocenters. The lowest BCUT2D eigenvalue weighted by Gasteiger charge is -2.26. The molecule has 0 bridgehead atoms. The number of benzene rings is 3. The predicted molar refractivity (Wildman–Crippen MR) is 134 cm³/mol. The van der Waals surface area contributed by atoms with Crippen molar-refractivity contribution in [1.29, 1.82) is 0 Å². The molecular formula is C22H23ClN4O5S2. The second-order valence-electron chi connectivity index (χ2n) is 7.29. The van der Waals surface area contributed by atoms with Crippen molar-refractivity contribution in [1.82, 2.24) is 4.31 Å². The molecule has 0 radical (unpaired) electrons. The summed E-state index contributed by atoms with van der Waals surface area (Å²) in [5.41, 5.74) is 0.875. The second-order valence-corrected chi connectivity index (χ2v) is 11.4. The minimum atomic E-state index is -3.93. The van der Waals surface area contributed by atoms with E-state index in [1.54, 1.807) is 48.5 Å². The van der Waals surface area contributed by atoms with Crippen molar-refractivity contribution < 1.29 is 21.6 Å². The molecule has 3 rings (SSSR count). The molecular weight excluding hydrogens is 500 g/mol. The molecule has 2 N–H and O–H groups in total. The van der Waals surface area contributed by atoms with Gasteiger partial charge in [0.1, 0.15) is 6.54 Å². The van der Waals surface area contributed by atoms with Gasteiger partial charge in [0.25, 0.3) is 10.0 Å². The lowest BCUT2D eigenvalue weighted by Crippen LogP contribution is -2.44. The molecule has 0 aliphatic rings. The number of carbonyl (C=O) groups excluding carboxylic acids is 1. The van der Waals surface area contributed by atoms with Crippen molar-refractivity contribution in [2.75, 3.05) is 35.0 Å². The average molecular weight is 523 g/mol. The maximum Gasteiger partial charge on any atom is 0.304 e. The van der Waals surface area contributed by atoms with Crippen LogP contribution in [0.15, 0.2) is 83.8 Å². The minimum Gasteiger partial charge on any atom is -0.325 e. The summed E-state index contributed by atoms with van der Waals surface area (Å²) >= 11 is 6.01. The second kappa shape index (κ2) is 10.4. The summed E-state index contributed by atoms with van der Waals surface area (Å²) in [4.78, 5) is 12.6. The molecule has 1 amide bonds. The van der Waals surface area contributed by atoms with Crippen molar-refractivity contribution in [3.63, 3.8) is 0 Å². The van der Waals surface area contributed by atoms with E-state index in [-0.39, 0.29) is 15.6 Å². The van der Waals surface area contributed by atoms with Gasteiger partial charge in [-0.25, -0.2) is 12.7 Å². The van der Waals surface area contributed by atoms with Crippen LogP contribution in [0.2, 0.25) is 5.02 Å². The first-order valence-corrected chi connectivity index (χ1v) is 13.2. The molecule has 0 saturated carbocycles. The van der Waals surface area contributed by atoms with E-state index in [2.05, 4.69) is 10.0 Å². The fourth-order valence-corrected chi connectivity index (χ4v) is 5.28. The highest BCUT2D eigenvalue weighted by molar-refractivity contribution is 7.92. The number of nitrogens with one attached hydrogen (secondary N) is 2. The fourth-order valence-electron chi connectivity index (χ4n) is 2.89. The van der Waals surface area contributed by atoms with Crippen molar-refractivity contribution >= 4 is 54.8 Å². The van der Waals surface area contributed by atoms with Crippen LogP contribution in [0, 0.1) is 0 Å². The van der Waals surface area contributed by atoms with Gasteiger partial charge in [-0.3, -0.25) is 9.52 Å². The maximum absolute atomic E-state index is 12.7. The number of anilines is 3. The van der Waals surface area contributed by atoms with Crippen LogP contribution in [-0.2, 0) is 25.0 Å². The van der Waals surface area contributed by atoms with Crippen molar-refractivity contribution in [2.45, 2.75) is 4.90 Å². The van der Waals surface area contributed by atoms with Gasteiger partial charge in [0.05, 0.1) is 21.3 Å². The quantitative estimate of drug-likeness (QED) is 0.447. The Bertz CT molecular complexity index is 1360. The lowest BCUT2D eigenvalue weighted by atomic mass is 10.3. The van der Waals surface area contributed by atoms with Gasteiger partial charge in [0.2, 0.25) is 5.91 Å². The van der Waals surface area contributed by atoms with E-state index in [4.69, 9.17) is 11.6 Å². The Morgan fingerprint density at radius 1 is 0.853 bits per heavy atom. The number of sulfonamides is 1. The molecule has 180 valence electrons. The highest BCUT2D eigenvalue weighted by Gasteiger charge is 2.27. The summed E-state index contributed by atoms with van der Waals surface area (Å²) in [5.74, 6) is -0.598. The first-order valence-electron chi connectivity index (χ1n) is 9.93. The monoisotopic (exact) mass is 522 g/mol. The molecule has 0 saturated heterocycles. The Hall–Kier alpha value is -3.12. The fraction of sp³-hybridized carbons (Fsp3) is 0.136. The molecule has 0 aliphatic heterocycles. The van der Waals surface area contributed by atoms with Crippen LogP contribution in [0.3, 0.4) is 0 Å². The van der Waals surface area contributed by atoms with Gasteiger partial charge in [-0.1, -0.05) is 41.9 Å². The molecule has 9 nitrogen and oxygen atoms in total. The zero-order valence-electron chi connectivity index (χ0n) is 18.3. The van der Waals surface area contributed by atoms with E-state index in [1.165, 1.54) is 44.4 Å². The molecule has 0 heterocycles. The number of para-hydroxylation sites is 2. The summed E-state index contributed by atoms with van der Waals surface area (Å²) in [6.45, 7) is -0.474. The zero-order valence-corrected chi connectivity index (χ0v) is 20.7. The lowest BCUT2D eigenvalue weighted by molar-refractivity contribution is -0.114. The first-order chi connectivity index (χ1) is 16.0. The summed E-state index contributed by atoms with van der Waals surface area (Å²) in [6, 6.07) is 20.1. The van der Waals surface area contributed by atoms with E-state index in [0.29, 0.717) is 11.4 Å². The number of hydrogen-bond acceptors (Lipinski definition) is 5. The highest BCUT2D eigenvalue weighted by atomic mass is 35.5. The number of halogens is 1. The zero-order chi connectivity index (χ0) is 24.9. The molecule has 0 spiro atoms. The number of hydrogen-bond donors (Lipinski definition) is 2. The Labute approximate surface area is 204 Å². The Kier molecular flexibility index (Phi) is 7.82. The number of carbonyl (C=O) groups is 1. The van der Waals surface area contributed by atoms with E-state index in [0.717, 1.165) is 8.61 Å². The van der Waals surface area contributed by atoms with Crippen molar-refractivity contribution in [3.8, 4) is 0 Å². The van der Waals surface area contributed by atoms with Crippen LogP contribution in [0.25, 0.3) is 0 Å². The first kappa shape index (κ1) is 25.5. The maximum atomic E-state index is 12.7. The van der Waals surface area contributed by atoms with Gasteiger partial charge in [0, 0.05) is 19.8 Å². The molecule has 3 aromatic rings. The molecule has 34 heavy (non-hydrogen) atoms. The van der Waals surface area contributed by atoms with Gasteiger partial charge < -0.3 is 5.32 Å². The third kappa shape index (κ3) is 6.06. The van der Waals surface area contributed by atoms with E-state index >= 15 is 0 Å². The van der Waals surface area contributed by atoms with Gasteiger partial charge in [-0.15, -0.1) is 0 Å². The summed E-state index contributed by atoms with van der Waals surface area (Å²) in [5, 5.41) is 2.85. The molecule has 0 atom stereocenters. The van der Waals surface area contributed by atoms with Crippen LogP contribution < -0.4 is 14.3 Å². The Morgan fingerprint density at radius 2 is 1.44 bits per heavy atom. The van der Waals surface area contributed by atoms with Gasteiger partial charge in [0.15, 0.2) is 0 Å². The predicted octanol–water partition coefficient (Wildman–Crippen LogP) is 3.39. The normalized spacial score (nSPS) is 11.8. The number of amides is 1. The molecule has 0 aromatic heterocycles. The van der Waals surface area contributed by atoms with Crippen LogP contribution in [0.5, 0.6) is 0 Å². The van der Waals surface area contributed by atoms with Crippen LogP contribution >= 0.6 is 11.6 Å². The van der Waals surface area contributed by atoms with Crippen molar-refractivity contribution in [3.05, 3.63) is 83.9 Å². The van der Waals surface area contributed by atoms with E-state index in [1.807, 2.05) is 0 Å². The van der Waals surface area contributed by atoms with Gasteiger partial charge in [-0.05, 0) is 48.5 Å². The van der Waals surface area contributed by atoms with Crippen LogP contribution in [0.4, 0.5) is 17.1 Å². The number of rotatable bonds is 9. The third-order valence-corrected chi connectivity index (χ3v) is 8.17. The standard InChI is InChI=1S/C22H23ClN4O5S2/c1-26(2)34(31,32)27(18-8-4-3-5-9-18)16-22(28)24-17-12-14-19(15-13-17)33(29,30)25-21-11-7-6-10-20(21)23/h3-15,25H,16H2,1-2H3,(H,24,28). The Balaban J connectivity index is 1.74. The SMILES string of the molecule is CN(C)S(=O)(=O)N(CC(=O)Nc1ccc(S(=O)(=O)Nc2ccccc2Cl)cc1)c1ccccc1. The topological polar surface area (TPSA) is 116 Å².